The zero-order valence-electron chi connectivity index (χ0n) is 14.3. The van der Waals surface area contributed by atoms with Crippen molar-refractivity contribution in [1.29, 1.82) is 0 Å². The highest BCUT2D eigenvalue weighted by Gasteiger charge is 2.25. The molecule has 8 nitrogen and oxygen atoms in total. The van der Waals surface area contributed by atoms with Crippen molar-refractivity contribution in [3.8, 4) is 0 Å². The van der Waals surface area contributed by atoms with Crippen LogP contribution in [0.15, 0.2) is 68.8 Å². The molecule has 2 aromatic carbocycles. The Kier molecular flexibility index (Phi) is 6.32. The molecule has 0 fully saturated rings. The van der Waals surface area contributed by atoms with Crippen molar-refractivity contribution >= 4 is 49.7 Å². The van der Waals surface area contributed by atoms with E-state index in [4.69, 9.17) is 0 Å². The van der Waals surface area contributed by atoms with E-state index < -0.39 is 10.8 Å². The number of hydrogen-bond donors (Lipinski definition) is 1. The molecule has 28 heavy (non-hydrogen) atoms. The van der Waals surface area contributed by atoms with E-state index in [0.29, 0.717) is 6.54 Å². The maximum atomic E-state index is 12.3. The third-order valence-corrected chi connectivity index (χ3v) is 4.66. The topological polar surface area (TPSA) is 102 Å². The molecule has 1 N–H and O–H groups in total. The first-order valence-electron chi connectivity index (χ1n) is 7.97. The summed E-state index contributed by atoms with van der Waals surface area (Å²) in [5.74, 6) is -0.757. The van der Waals surface area contributed by atoms with Crippen molar-refractivity contribution in [2.45, 2.75) is 6.54 Å². The van der Waals surface area contributed by atoms with Crippen LogP contribution in [0.1, 0.15) is 21.6 Å². The molecule has 10 heteroatoms. The third-order valence-electron chi connectivity index (χ3n) is 3.64. The van der Waals surface area contributed by atoms with Crippen LogP contribution in [0, 0.1) is 10.1 Å². The first kappa shape index (κ1) is 19.9. The van der Waals surface area contributed by atoms with Gasteiger partial charge in [-0.2, -0.15) is 10.2 Å². The van der Waals surface area contributed by atoms with E-state index in [-0.39, 0.29) is 11.4 Å². The number of carbonyl (C=O) groups excluding carboxylic acids is 1. The molecule has 1 aromatic heterocycles. The van der Waals surface area contributed by atoms with Gasteiger partial charge in [-0.05, 0) is 35.4 Å². The summed E-state index contributed by atoms with van der Waals surface area (Å²) in [6, 6.07) is 14.7. The fourth-order valence-electron chi connectivity index (χ4n) is 2.37. The molecular weight excluding hydrogens is 494 g/mol. The second-order valence-electron chi connectivity index (χ2n) is 5.70. The van der Waals surface area contributed by atoms with E-state index >= 15 is 0 Å². The number of nitrogens with zero attached hydrogens (tertiary/aromatic N) is 4. The lowest BCUT2D eigenvalue weighted by atomic mass is 10.2. The molecule has 1 amide bonds. The summed E-state index contributed by atoms with van der Waals surface area (Å²) in [5, 5.41) is 19.2. The predicted octanol–water partition coefficient (Wildman–Crippen LogP) is 4.13. The standard InChI is InChI=1S/C18H13Br2N5O3/c19-14-6-4-12(5-7-14)10-24-11-16(25(27)28)17(23-24)18(26)22-21-9-13-2-1-3-15(20)8-13/h1-9,11H,10H2,(H,22,26)/b21-9+. The maximum Gasteiger partial charge on any atom is 0.320 e. The Morgan fingerprint density at radius 2 is 1.96 bits per heavy atom. The minimum Gasteiger partial charge on any atom is -0.265 e. The lowest BCUT2D eigenvalue weighted by Gasteiger charge is -2.01. The molecular formula is C18H13Br2N5O3. The van der Waals surface area contributed by atoms with Gasteiger partial charge in [-0.3, -0.25) is 19.6 Å². The number of halogens is 2. The van der Waals surface area contributed by atoms with Gasteiger partial charge in [0, 0.05) is 8.95 Å². The Labute approximate surface area is 176 Å². The molecule has 0 aliphatic carbocycles. The highest BCUT2D eigenvalue weighted by molar-refractivity contribution is 9.10. The molecule has 0 atom stereocenters. The highest BCUT2D eigenvalue weighted by Crippen LogP contribution is 2.18. The van der Waals surface area contributed by atoms with E-state index in [2.05, 4.69) is 47.5 Å². The molecule has 0 unspecified atom stereocenters. The first-order valence-corrected chi connectivity index (χ1v) is 9.56. The molecule has 0 radical (unpaired) electrons. The fourth-order valence-corrected chi connectivity index (χ4v) is 3.05. The van der Waals surface area contributed by atoms with Crippen molar-refractivity contribution in [1.82, 2.24) is 15.2 Å². The van der Waals surface area contributed by atoms with Gasteiger partial charge in [0.15, 0.2) is 0 Å². The molecule has 3 aromatic rings. The summed E-state index contributed by atoms with van der Waals surface area (Å²) in [4.78, 5) is 23.0. The smallest absolute Gasteiger partial charge is 0.265 e. The Morgan fingerprint density at radius 3 is 2.64 bits per heavy atom. The van der Waals surface area contributed by atoms with Crippen LogP contribution in [0.5, 0.6) is 0 Å². The number of aromatic nitrogens is 2. The van der Waals surface area contributed by atoms with Crippen molar-refractivity contribution < 1.29 is 9.72 Å². The summed E-state index contributed by atoms with van der Waals surface area (Å²) in [6.45, 7) is 0.294. The van der Waals surface area contributed by atoms with Crippen LogP contribution in [0.25, 0.3) is 0 Å². The average molecular weight is 507 g/mol. The SMILES string of the molecule is O=C(N/N=C/c1cccc(Br)c1)c1nn(Cc2ccc(Br)cc2)cc1[N+](=O)[O-]. The highest BCUT2D eigenvalue weighted by atomic mass is 79.9. The molecule has 3 rings (SSSR count). The minimum absolute atomic E-state index is 0.294. The number of carbonyl (C=O) groups is 1. The quantitative estimate of drug-likeness (QED) is 0.308. The summed E-state index contributed by atoms with van der Waals surface area (Å²) in [5.41, 5.74) is 3.24. The molecule has 1 heterocycles. The van der Waals surface area contributed by atoms with Gasteiger partial charge in [-0.15, -0.1) is 0 Å². The van der Waals surface area contributed by atoms with Crippen LogP contribution in [0.2, 0.25) is 0 Å². The molecule has 0 spiro atoms. The van der Waals surface area contributed by atoms with Gasteiger partial charge >= 0.3 is 5.69 Å². The van der Waals surface area contributed by atoms with Crippen LogP contribution >= 0.6 is 31.9 Å². The van der Waals surface area contributed by atoms with Gasteiger partial charge in [0.1, 0.15) is 6.20 Å². The van der Waals surface area contributed by atoms with Crippen LogP contribution in [0.4, 0.5) is 5.69 Å². The molecule has 0 aliphatic rings. The predicted molar refractivity (Wildman–Crippen MR) is 111 cm³/mol. The van der Waals surface area contributed by atoms with Crippen LogP contribution < -0.4 is 5.43 Å². The zero-order valence-corrected chi connectivity index (χ0v) is 17.4. The molecule has 0 saturated heterocycles. The normalized spacial score (nSPS) is 10.9. The van der Waals surface area contributed by atoms with E-state index in [9.17, 15) is 14.9 Å². The second-order valence-corrected chi connectivity index (χ2v) is 7.53. The van der Waals surface area contributed by atoms with Gasteiger partial charge < -0.3 is 0 Å². The van der Waals surface area contributed by atoms with Gasteiger partial charge in [-0.25, -0.2) is 5.43 Å². The van der Waals surface area contributed by atoms with Gasteiger partial charge in [0.25, 0.3) is 5.91 Å². The number of amides is 1. The van der Waals surface area contributed by atoms with Crippen molar-refractivity contribution in [2.24, 2.45) is 5.10 Å². The van der Waals surface area contributed by atoms with Crippen LogP contribution in [-0.2, 0) is 6.54 Å². The fraction of sp³-hybridized carbons (Fsp3) is 0.0556. The largest absolute Gasteiger partial charge is 0.320 e. The summed E-state index contributed by atoms with van der Waals surface area (Å²) < 4.78 is 3.14. The van der Waals surface area contributed by atoms with Crippen LogP contribution in [0.3, 0.4) is 0 Å². The Bertz CT molecular complexity index is 1050. The van der Waals surface area contributed by atoms with Crippen molar-refractivity contribution in [3.05, 3.63) is 90.6 Å². The number of rotatable bonds is 6. The third kappa shape index (κ3) is 5.11. The number of nitro groups is 1. The van der Waals surface area contributed by atoms with E-state index in [0.717, 1.165) is 20.1 Å². The molecule has 0 bridgehead atoms. The van der Waals surface area contributed by atoms with Gasteiger partial charge in [-0.1, -0.05) is 56.1 Å². The Hall–Kier alpha value is -2.85. The van der Waals surface area contributed by atoms with Crippen LogP contribution in [-0.4, -0.2) is 26.8 Å². The Balaban J connectivity index is 1.76. The summed E-state index contributed by atoms with van der Waals surface area (Å²) in [6.07, 6.45) is 2.67. The molecule has 0 aliphatic heterocycles. The van der Waals surface area contributed by atoms with Crippen molar-refractivity contribution in [2.75, 3.05) is 0 Å². The minimum atomic E-state index is -0.757. The van der Waals surface area contributed by atoms with E-state index in [1.807, 2.05) is 42.5 Å². The number of hydrazone groups is 1. The number of nitrogens with one attached hydrogen (secondary N) is 1. The van der Waals surface area contributed by atoms with Gasteiger partial charge in [0.05, 0.1) is 17.7 Å². The summed E-state index contributed by atoms with van der Waals surface area (Å²) in [7, 11) is 0. The monoisotopic (exact) mass is 505 g/mol. The molecule has 0 saturated carbocycles. The first-order chi connectivity index (χ1) is 13.4. The lowest BCUT2D eigenvalue weighted by Crippen LogP contribution is -2.19. The van der Waals surface area contributed by atoms with Crippen molar-refractivity contribution in [3.63, 3.8) is 0 Å². The van der Waals surface area contributed by atoms with Gasteiger partial charge in [0.2, 0.25) is 5.69 Å². The second kappa shape index (κ2) is 8.89. The Morgan fingerprint density at radius 1 is 1.21 bits per heavy atom. The van der Waals surface area contributed by atoms with E-state index in [1.165, 1.54) is 17.1 Å². The summed E-state index contributed by atoms with van der Waals surface area (Å²) >= 11 is 6.69. The van der Waals surface area contributed by atoms with E-state index in [1.54, 1.807) is 6.07 Å². The maximum absolute atomic E-state index is 12.3. The number of benzene rings is 2. The molecule has 142 valence electrons. The average Bonchev–Trinajstić information content (AvgIpc) is 3.08. The number of hydrogen-bond acceptors (Lipinski definition) is 5. The zero-order chi connectivity index (χ0) is 20.1. The lowest BCUT2D eigenvalue weighted by molar-refractivity contribution is -0.385.